The normalized spacial score (nSPS) is 12.5. The van der Waals surface area contributed by atoms with E-state index in [0.717, 1.165) is 17.2 Å². The molecule has 0 bridgehead atoms. The van der Waals surface area contributed by atoms with Crippen molar-refractivity contribution in [3.05, 3.63) is 36.0 Å². The molecule has 1 aromatic carbocycles. The Labute approximate surface area is 99.0 Å². The number of nitrogens with zero attached hydrogens (tertiary/aromatic N) is 1. The molecule has 0 saturated heterocycles. The van der Waals surface area contributed by atoms with Crippen LogP contribution in [0.3, 0.4) is 0 Å². The fraction of sp³-hybridized carbons (Fsp3) is 0.231. The number of aromatic nitrogens is 1. The third kappa shape index (κ3) is 2.20. The van der Waals surface area contributed by atoms with Crippen LogP contribution >= 0.6 is 0 Å². The van der Waals surface area contributed by atoms with Gasteiger partial charge in [-0.25, -0.2) is 0 Å². The van der Waals surface area contributed by atoms with Crippen molar-refractivity contribution in [1.29, 1.82) is 0 Å². The third-order valence-corrected chi connectivity index (χ3v) is 2.89. The summed E-state index contributed by atoms with van der Waals surface area (Å²) in [7, 11) is 0. The fourth-order valence-electron chi connectivity index (χ4n) is 1.84. The van der Waals surface area contributed by atoms with E-state index >= 15 is 0 Å². The Balaban J connectivity index is 2.36. The number of carbonyl (C=O) groups is 2. The first kappa shape index (κ1) is 11.4. The van der Waals surface area contributed by atoms with Crippen molar-refractivity contribution in [2.75, 3.05) is 0 Å². The van der Waals surface area contributed by atoms with Gasteiger partial charge in [-0.05, 0) is 24.3 Å². The smallest absolute Gasteiger partial charge is 0.222 e. The molecule has 2 aromatic rings. The molecule has 0 spiro atoms. The predicted molar refractivity (Wildman–Crippen MR) is 65.7 cm³/mol. The number of aldehydes is 1. The van der Waals surface area contributed by atoms with Crippen molar-refractivity contribution in [2.45, 2.75) is 13.5 Å². The number of hydrogen-bond acceptors (Lipinski definition) is 2. The molecule has 4 nitrogen and oxygen atoms in total. The third-order valence-electron chi connectivity index (χ3n) is 2.89. The zero-order valence-corrected chi connectivity index (χ0v) is 9.59. The summed E-state index contributed by atoms with van der Waals surface area (Å²) in [6.45, 7) is 2.35. The molecule has 1 amide bonds. The van der Waals surface area contributed by atoms with Crippen LogP contribution < -0.4 is 5.73 Å². The summed E-state index contributed by atoms with van der Waals surface area (Å²) in [5, 5.41) is 0.992. The van der Waals surface area contributed by atoms with E-state index in [-0.39, 0.29) is 11.8 Å². The average molecular weight is 230 g/mol. The van der Waals surface area contributed by atoms with Crippen molar-refractivity contribution < 1.29 is 9.59 Å². The van der Waals surface area contributed by atoms with E-state index in [1.807, 2.05) is 29.0 Å². The maximum absolute atomic E-state index is 11.0. The van der Waals surface area contributed by atoms with Gasteiger partial charge < -0.3 is 10.3 Å². The van der Waals surface area contributed by atoms with Crippen molar-refractivity contribution in [1.82, 2.24) is 4.57 Å². The van der Waals surface area contributed by atoms with Gasteiger partial charge in [0.25, 0.3) is 0 Å². The Hall–Kier alpha value is -2.10. The second kappa shape index (κ2) is 4.41. The summed E-state index contributed by atoms with van der Waals surface area (Å²) in [6.07, 6.45) is 2.72. The first-order chi connectivity index (χ1) is 8.11. The zero-order valence-electron chi connectivity index (χ0n) is 9.59. The molecule has 17 heavy (non-hydrogen) atoms. The lowest BCUT2D eigenvalue weighted by atomic mass is 10.1. The van der Waals surface area contributed by atoms with E-state index in [9.17, 15) is 9.59 Å². The Morgan fingerprint density at radius 3 is 2.88 bits per heavy atom. The second-order valence-corrected chi connectivity index (χ2v) is 4.21. The predicted octanol–water partition coefficient (Wildman–Crippen LogP) is 1.58. The van der Waals surface area contributed by atoms with Crippen LogP contribution in [0.25, 0.3) is 10.9 Å². The SMILES string of the molecule is CC(Cn1ccc2cc(C=O)ccc21)C(N)=O. The number of primary amides is 1. The highest BCUT2D eigenvalue weighted by molar-refractivity contribution is 5.87. The van der Waals surface area contributed by atoms with Crippen molar-refractivity contribution in [3.8, 4) is 0 Å². The van der Waals surface area contributed by atoms with E-state index in [1.54, 1.807) is 13.0 Å². The van der Waals surface area contributed by atoms with Crippen LogP contribution in [0.4, 0.5) is 0 Å². The number of nitrogens with two attached hydrogens (primary N) is 1. The Morgan fingerprint density at radius 1 is 1.47 bits per heavy atom. The van der Waals surface area contributed by atoms with E-state index in [1.165, 1.54) is 0 Å². The quantitative estimate of drug-likeness (QED) is 0.810. The van der Waals surface area contributed by atoms with Crippen molar-refractivity contribution in [3.63, 3.8) is 0 Å². The molecular weight excluding hydrogens is 216 g/mol. The lowest BCUT2D eigenvalue weighted by molar-refractivity contribution is -0.121. The van der Waals surface area contributed by atoms with E-state index < -0.39 is 0 Å². The highest BCUT2D eigenvalue weighted by Gasteiger charge is 2.10. The second-order valence-electron chi connectivity index (χ2n) is 4.21. The minimum atomic E-state index is -0.309. The van der Waals surface area contributed by atoms with Crippen molar-refractivity contribution >= 4 is 23.1 Å². The number of fused-ring (bicyclic) bond motifs is 1. The highest BCUT2D eigenvalue weighted by atomic mass is 16.1. The average Bonchev–Trinajstić information content (AvgIpc) is 2.71. The molecule has 4 heteroatoms. The molecule has 2 rings (SSSR count). The van der Waals surface area contributed by atoms with Crippen LogP contribution in [0.1, 0.15) is 17.3 Å². The van der Waals surface area contributed by atoms with Gasteiger partial charge in [0.1, 0.15) is 6.29 Å². The van der Waals surface area contributed by atoms with Crippen LogP contribution in [0.2, 0.25) is 0 Å². The molecule has 2 N–H and O–H groups in total. The molecule has 0 radical (unpaired) electrons. The molecule has 0 fully saturated rings. The summed E-state index contributed by atoms with van der Waals surface area (Å²) in [5.74, 6) is -0.521. The van der Waals surface area contributed by atoms with Gasteiger partial charge in [0, 0.05) is 29.2 Å². The number of hydrogen-bond donors (Lipinski definition) is 1. The number of carbonyl (C=O) groups excluding carboxylic acids is 2. The number of amides is 1. The fourth-order valence-corrected chi connectivity index (χ4v) is 1.84. The first-order valence-electron chi connectivity index (χ1n) is 5.45. The molecule has 1 heterocycles. The summed E-state index contributed by atoms with van der Waals surface area (Å²) >= 11 is 0. The van der Waals surface area contributed by atoms with Crippen LogP contribution in [0.15, 0.2) is 30.5 Å². The van der Waals surface area contributed by atoms with Gasteiger partial charge in [0.05, 0.1) is 5.92 Å². The molecule has 1 aromatic heterocycles. The number of benzene rings is 1. The summed E-state index contributed by atoms with van der Waals surface area (Å²) in [5.41, 5.74) is 6.90. The molecule has 88 valence electrons. The van der Waals surface area contributed by atoms with Gasteiger partial charge in [-0.3, -0.25) is 9.59 Å². The largest absolute Gasteiger partial charge is 0.369 e. The van der Waals surface area contributed by atoms with E-state index in [2.05, 4.69) is 0 Å². The lowest BCUT2D eigenvalue weighted by Crippen LogP contribution is -2.24. The van der Waals surface area contributed by atoms with E-state index in [0.29, 0.717) is 12.1 Å². The minimum Gasteiger partial charge on any atom is -0.369 e. The van der Waals surface area contributed by atoms with Gasteiger partial charge in [-0.2, -0.15) is 0 Å². The van der Waals surface area contributed by atoms with Gasteiger partial charge in [0.15, 0.2) is 0 Å². The van der Waals surface area contributed by atoms with Gasteiger partial charge in [-0.15, -0.1) is 0 Å². The van der Waals surface area contributed by atoms with E-state index in [4.69, 9.17) is 5.73 Å². The maximum Gasteiger partial charge on any atom is 0.222 e. The topological polar surface area (TPSA) is 65.1 Å². The van der Waals surface area contributed by atoms with Crippen LogP contribution in [0, 0.1) is 5.92 Å². The lowest BCUT2D eigenvalue weighted by Gasteiger charge is -2.09. The van der Waals surface area contributed by atoms with Gasteiger partial charge in [0.2, 0.25) is 5.91 Å². The molecule has 1 unspecified atom stereocenters. The van der Waals surface area contributed by atoms with Crippen molar-refractivity contribution in [2.24, 2.45) is 11.7 Å². The molecule has 0 aliphatic carbocycles. The monoisotopic (exact) mass is 230 g/mol. The molecule has 1 atom stereocenters. The summed E-state index contributed by atoms with van der Waals surface area (Å²) in [4.78, 5) is 21.7. The van der Waals surface area contributed by atoms with Gasteiger partial charge in [-0.1, -0.05) is 6.92 Å². The zero-order chi connectivity index (χ0) is 12.4. The summed E-state index contributed by atoms with van der Waals surface area (Å²) < 4.78 is 1.97. The van der Waals surface area contributed by atoms with Crippen LogP contribution in [-0.4, -0.2) is 16.8 Å². The number of rotatable bonds is 4. The molecular formula is C13H14N2O2. The van der Waals surface area contributed by atoms with Crippen LogP contribution in [0.5, 0.6) is 0 Å². The Bertz CT molecular complexity index is 572. The first-order valence-corrected chi connectivity index (χ1v) is 5.45. The maximum atomic E-state index is 11.0. The molecule has 0 aliphatic rings. The van der Waals surface area contributed by atoms with Gasteiger partial charge >= 0.3 is 0 Å². The highest BCUT2D eigenvalue weighted by Crippen LogP contribution is 2.18. The Kier molecular flexibility index (Phi) is 2.95. The minimum absolute atomic E-state index is 0.212. The Morgan fingerprint density at radius 2 is 2.24 bits per heavy atom. The molecule has 0 saturated carbocycles. The summed E-state index contributed by atoms with van der Waals surface area (Å²) in [6, 6.07) is 7.40. The molecule has 0 aliphatic heterocycles. The standard InChI is InChI=1S/C13H14N2O2/c1-9(13(14)17)7-15-5-4-11-6-10(8-16)2-3-12(11)15/h2-6,8-9H,7H2,1H3,(H2,14,17). The van der Waals surface area contributed by atoms with Crippen LogP contribution in [-0.2, 0) is 11.3 Å².